The number of ether oxygens (including phenoxy) is 1. The minimum atomic E-state index is -4.25. The van der Waals surface area contributed by atoms with E-state index in [9.17, 15) is 36.3 Å². The topological polar surface area (TPSA) is 111 Å². The van der Waals surface area contributed by atoms with E-state index in [-0.39, 0.29) is 17.8 Å². The normalized spacial score (nSPS) is 15.0. The molecule has 3 N–H and O–H groups in total. The van der Waals surface area contributed by atoms with Crippen LogP contribution in [0.1, 0.15) is 28.8 Å². The van der Waals surface area contributed by atoms with Crippen LogP contribution in [0.5, 0.6) is 0 Å². The van der Waals surface area contributed by atoms with E-state index >= 15 is 0 Å². The van der Waals surface area contributed by atoms with Crippen molar-refractivity contribution in [2.45, 2.75) is 31.6 Å². The van der Waals surface area contributed by atoms with E-state index in [1.807, 2.05) is 4.90 Å². The Kier molecular flexibility index (Phi) is 10.9. The summed E-state index contributed by atoms with van der Waals surface area (Å²) in [7, 11) is 1.05. The highest BCUT2D eigenvalue weighted by Gasteiger charge is 2.29. The number of carbonyl (C=O) groups is 3. The third-order valence-corrected chi connectivity index (χ3v) is 6.68. The van der Waals surface area contributed by atoms with Crippen molar-refractivity contribution >= 4 is 40.8 Å². The molecule has 0 saturated carbocycles. The monoisotopic (exact) mass is 606 g/mol. The van der Waals surface area contributed by atoms with Gasteiger partial charge in [-0.15, -0.1) is 0 Å². The zero-order valence-electron chi connectivity index (χ0n) is 21.9. The molecule has 0 radical (unpaired) electrons. The van der Waals surface area contributed by atoms with Gasteiger partial charge in [0.1, 0.15) is 6.04 Å². The van der Waals surface area contributed by atoms with Crippen molar-refractivity contribution in [2.75, 3.05) is 50.1 Å². The minimum Gasteiger partial charge on any atom is -0.481 e. The molecule has 9 nitrogen and oxygen atoms in total. The number of anilines is 2. The Morgan fingerprint density at radius 1 is 1.07 bits per heavy atom. The van der Waals surface area contributed by atoms with Crippen molar-refractivity contribution in [3.05, 3.63) is 58.1 Å². The van der Waals surface area contributed by atoms with Crippen LogP contribution in [-0.4, -0.2) is 79.9 Å². The number of nitrogens with zero attached hydrogens (tertiary/aromatic N) is 2. The lowest BCUT2D eigenvalue weighted by Gasteiger charge is -2.37. The molecule has 15 heteroatoms. The summed E-state index contributed by atoms with van der Waals surface area (Å²) in [5.41, 5.74) is -0.160. The maximum Gasteiger partial charge on any atom is 0.390 e. The van der Waals surface area contributed by atoms with E-state index in [2.05, 4.69) is 15.4 Å². The summed E-state index contributed by atoms with van der Waals surface area (Å²) in [5, 5.41) is 14.3. The highest BCUT2D eigenvalue weighted by atomic mass is 35.5. The van der Waals surface area contributed by atoms with Gasteiger partial charge in [0, 0.05) is 49.9 Å². The van der Waals surface area contributed by atoms with Crippen LogP contribution in [0.15, 0.2) is 30.3 Å². The van der Waals surface area contributed by atoms with Crippen LogP contribution >= 0.6 is 11.6 Å². The van der Waals surface area contributed by atoms with Gasteiger partial charge in [-0.05, 0) is 24.3 Å². The number of carboxylic acids is 1. The molecule has 1 amide bonds. The van der Waals surface area contributed by atoms with Crippen LogP contribution in [0.3, 0.4) is 0 Å². The number of carbonyl (C=O) groups excluding carboxylic acids is 2. The van der Waals surface area contributed by atoms with Crippen LogP contribution in [0.25, 0.3) is 0 Å². The first kappa shape index (κ1) is 32.0. The molecule has 3 rings (SSSR count). The van der Waals surface area contributed by atoms with Crippen molar-refractivity contribution in [1.29, 1.82) is 0 Å². The Labute approximate surface area is 237 Å². The molecule has 1 saturated heterocycles. The standard InChI is InChI=1S/C26H28ClF5N4O5/c1-41-25(40)19(13-21(37)38)33-14-15-2-4-17(23(29)22(15)28)24(39)34-18-5-3-16(27)12-20(18)36-10-8-35(9-11-36)7-6-26(30,31)32/h2-5,12,19,33H,6-11,13-14H2,1H3,(H,34,39)(H,37,38). The second-order valence-corrected chi connectivity index (χ2v) is 9.70. The van der Waals surface area contributed by atoms with Crippen molar-refractivity contribution < 1.29 is 46.2 Å². The summed E-state index contributed by atoms with van der Waals surface area (Å²) in [4.78, 5) is 39.2. The van der Waals surface area contributed by atoms with E-state index in [1.54, 1.807) is 11.0 Å². The molecule has 0 bridgehead atoms. The number of alkyl halides is 3. The third kappa shape index (κ3) is 9.00. The average Bonchev–Trinajstić information content (AvgIpc) is 2.92. The van der Waals surface area contributed by atoms with Gasteiger partial charge in [-0.25, -0.2) is 8.78 Å². The van der Waals surface area contributed by atoms with Crippen molar-refractivity contribution in [3.8, 4) is 0 Å². The first-order chi connectivity index (χ1) is 19.3. The molecule has 224 valence electrons. The number of hydrogen-bond acceptors (Lipinski definition) is 7. The molecule has 2 aromatic rings. The van der Waals surface area contributed by atoms with E-state index in [4.69, 9.17) is 16.7 Å². The van der Waals surface area contributed by atoms with E-state index in [0.717, 1.165) is 19.2 Å². The van der Waals surface area contributed by atoms with Crippen LogP contribution < -0.4 is 15.5 Å². The lowest BCUT2D eigenvalue weighted by molar-refractivity contribution is -0.148. The molecule has 1 fully saturated rings. The number of aliphatic carboxylic acids is 1. The number of halogens is 6. The molecule has 1 aliphatic rings. The van der Waals surface area contributed by atoms with Crippen molar-refractivity contribution in [3.63, 3.8) is 0 Å². The Morgan fingerprint density at radius 3 is 2.37 bits per heavy atom. The van der Waals surface area contributed by atoms with Gasteiger partial charge in [0.05, 0.1) is 36.9 Å². The maximum atomic E-state index is 14.9. The number of piperazine rings is 1. The minimum absolute atomic E-state index is 0.129. The molecule has 1 atom stereocenters. The number of benzene rings is 2. The summed E-state index contributed by atoms with van der Waals surface area (Å²) in [6.07, 6.45) is -5.82. The van der Waals surface area contributed by atoms with Crippen LogP contribution in [0.4, 0.5) is 33.3 Å². The number of carboxylic acid groups (broad SMARTS) is 1. The number of rotatable bonds is 11. The molecule has 1 aliphatic heterocycles. The molecule has 1 heterocycles. The summed E-state index contributed by atoms with van der Waals surface area (Å²) in [6.45, 7) is 0.827. The number of methoxy groups -OCH3 is 1. The molecule has 2 aromatic carbocycles. The molecular weight excluding hydrogens is 579 g/mol. The van der Waals surface area contributed by atoms with Gasteiger partial charge in [0.25, 0.3) is 5.91 Å². The average molecular weight is 607 g/mol. The van der Waals surface area contributed by atoms with E-state index in [0.29, 0.717) is 36.9 Å². The van der Waals surface area contributed by atoms with Gasteiger partial charge in [-0.2, -0.15) is 13.2 Å². The Hall–Kier alpha value is -3.49. The lowest BCUT2D eigenvalue weighted by atomic mass is 10.1. The Balaban J connectivity index is 1.71. The summed E-state index contributed by atoms with van der Waals surface area (Å²) < 4.78 is 71.9. The SMILES string of the molecule is COC(=O)C(CC(=O)O)NCc1ccc(C(=O)Nc2ccc(Cl)cc2N2CCN(CCC(F)(F)F)CC2)c(F)c1F. The second kappa shape index (κ2) is 13.9. The zero-order chi connectivity index (χ0) is 30.3. The first-order valence-electron chi connectivity index (χ1n) is 12.4. The molecule has 0 aromatic heterocycles. The van der Waals surface area contributed by atoms with Crippen LogP contribution in [0.2, 0.25) is 5.02 Å². The highest BCUT2D eigenvalue weighted by molar-refractivity contribution is 6.31. The molecule has 0 spiro atoms. The third-order valence-electron chi connectivity index (χ3n) is 6.44. The predicted molar refractivity (Wildman–Crippen MR) is 140 cm³/mol. The first-order valence-corrected chi connectivity index (χ1v) is 12.8. The molecule has 41 heavy (non-hydrogen) atoms. The van der Waals surface area contributed by atoms with Crippen LogP contribution in [0, 0.1) is 11.6 Å². The lowest BCUT2D eigenvalue weighted by Crippen LogP contribution is -2.47. The summed E-state index contributed by atoms with van der Waals surface area (Å²) >= 11 is 6.14. The number of hydrogen-bond donors (Lipinski definition) is 3. The Bertz CT molecular complexity index is 1270. The summed E-state index contributed by atoms with van der Waals surface area (Å²) in [6, 6.07) is 5.39. The fourth-order valence-corrected chi connectivity index (χ4v) is 4.42. The molecule has 0 aliphatic carbocycles. The van der Waals surface area contributed by atoms with Gasteiger partial charge < -0.3 is 20.1 Å². The quantitative estimate of drug-likeness (QED) is 0.260. The predicted octanol–water partition coefficient (Wildman–Crippen LogP) is 4.05. The highest BCUT2D eigenvalue weighted by Crippen LogP contribution is 2.31. The van der Waals surface area contributed by atoms with Crippen LogP contribution in [-0.2, 0) is 20.9 Å². The zero-order valence-corrected chi connectivity index (χ0v) is 22.6. The largest absolute Gasteiger partial charge is 0.481 e. The van der Waals surface area contributed by atoms with Gasteiger partial charge in [-0.1, -0.05) is 17.7 Å². The van der Waals surface area contributed by atoms with Crippen molar-refractivity contribution in [2.24, 2.45) is 0 Å². The fraction of sp³-hybridized carbons (Fsp3) is 0.423. The van der Waals surface area contributed by atoms with Gasteiger partial charge in [-0.3, -0.25) is 24.6 Å². The number of nitrogens with one attached hydrogen (secondary N) is 2. The van der Waals surface area contributed by atoms with Gasteiger partial charge >= 0.3 is 18.1 Å². The second-order valence-electron chi connectivity index (χ2n) is 9.26. The maximum absolute atomic E-state index is 14.9. The fourth-order valence-electron chi connectivity index (χ4n) is 4.25. The Morgan fingerprint density at radius 2 is 1.76 bits per heavy atom. The van der Waals surface area contributed by atoms with Crippen molar-refractivity contribution in [1.82, 2.24) is 10.2 Å². The van der Waals surface area contributed by atoms with Gasteiger partial charge in [0.15, 0.2) is 11.6 Å². The number of amides is 1. The smallest absolute Gasteiger partial charge is 0.390 e. The van der Waals surface area contributed by atoms with E-state index < -0.39 is 66.6 Å². The molecular formula is C26H28ClF5N4O5. The van der Waals surface area contributed by atoms with Gasteiger partial charge in [0.2, 0.25) is 0 Å². The van der Waals surface area contributed by atoms with E-state index in [1.165, 1.54) is 12.1 Å². The molecule has 1 unspecified atom stereocenters. The summed E-state index contributed by atoms with van der Waals surface area (Å²) in [5.74, 6) is -5.99. The number of esters is 1.